The lowest BCUT2D eigenvalue weighted by Gasteiger charge is -2.01. The van der Waals surface area contributed by atoms with Crippen molar-refractivity contribution in [2.45, 2.75) is 17.1 Å². The number of aromatic nitrogens is 6. The quantitative estimate of drug-likeness (QED) is 0.572. The number of rotatable bonds is 2. The van der Waals surface area contributed by atoms with Gasteiger partial charge < -0.3 is 4.98 Å². The van der Waals surface area contributed by atoms with E-state index >= 15 is 0 Å². The van der Waals surface area contributed by atoms with Gasteiger partial charge >= 0.3 is 0 Å². The molecule has 3 aromatic heterocycles. The summed E-state index contributed by atoms with van der Waals surface area (Å²) < 4.78 is 0. The maximum Gasteiger partial charge on any atom is 0.225 e. The van der Waals surface area contributed by atoms with E-state index in [0.717, 1.165) is 11.2 Å². The van der Waals surface area contributed by atoms with E-state index in [1.165, 1.54) is 11.8 Å². The van der Waals surface area contributed by atoms with E-state index in [0.29, 0.717) is 15.8 Å². The Balaban J connectivity index is 2.06. The van der Waals surface area contributed by atoms with Crippen molar-refractivity contribution < 1.29 is 0 Å². The number of hydrogen-bond donors (Lipinski definition) is 1. The summed E-state index contributed by atoms with van der Waals surface area (Å²) in [6.45, 7) is 1.91. The third-order valence-electron chi connectivity index (χ3n) is 2.19. The van der Waals surface area contributed by atoms with Crippen molar-refractivity contribution >= 4 is 34.5 Å². The predicted octanol–water partition coefficient (Wildman–Crippen LogP) is 2.26. The molecule has 0 fully saturated rings. The minimum Gasteiger partial charge on any atom is -0.341 e. The SMILES string of the molecule is Cc1ccnc(Sc2nc(Cl)nc3nc[nH]c23)n1. The zero-order chi connectivity index (χ0) is 12.5. The maximum absolute atomic E-state index is 5.85. The molecule has 0 radical (unpaired) electrons. The molecule has 3 aromatic rings. The lowest BCUT2D eigenvalue weighted by molar-refractivity contribution is 0.927. The van der Waals surface area contributed by atoms with E-state index in [1.54, 1.807) is 12.5 Å². The molecule has 0 aromatic carbocycles. The Morgan fingerprint density at radius 1 is 1.22 bits per heavy atom. The molecule has 0 saturated carbocycles. The number of aromatic amines is 1. The van der Waals surface area contributed by atoms with Crippen molar-refractivity contribution in [1.82, 2.24) is 29.9 Å². The van der Waals surface area contributed by atoms with E-state index < -0.39 is 0 Å². The van der Waals surface area contributed by atoms with Gasteiger partial charge in [0.25, 0.3) is 0 Å². The summed E-state index contributed by atoms with van der Waals surface area (Å²) in [5, 5.41) is 1.43. The highest BCUT2D eigenvalue weighted by atomic mass is 35.5. The van der Waals surface area contributed by atoms with Crippen molar-refractivity contribution in [3.8, 4) is 0 Å². The Kier molecular flexibility index (Phi) is 2.85. The first kappa shape index (κ1) is 11.4. The van der Waals surface area contributed by atoms with Gasteiger partial charge in [-0.15, -0.1) is 0 Å². The van der Waals surface area contributed by atoms with Crippen LogP contribution in [0.25, 0.3) is 11.2 Å². The van der Waals surface area contributed by atoms with E-state index in [1.807, 2.05) is 13.0 Å². The molecule has 0 amide bonds. The molecule has 0 aliphatic heterocycles. The predicted molar refractivity (Wildman–Crippen MR) is 67.6 cm³/mol. The third-order valence-corrected chi connectivity index (χ3v) is 3.22. The van der Waals surface area contributed by atoms with Crippen LogP contribution in [0.1, 0.15) is 5.69 Å². The Morgan fingerprint density at radius 3 is 2.94 bits per heavy atom. The highest BCUT2D eigenvalue weighted by Gasteiger charge is 2.11. The fraction of sp³-hybridized carbons (Fsp3) is 0.100. The second kappa shape index (κ2) is 4.51. The molecule has 18 heavy (non-hydrogen) atoms. The summed E-state index contributed by atoms with van der Waals surface area (Å²) in [4.78, 5) is 23.7. The Labute approximate surface area is 111 Å². The topological polar surface area (TPSA) is 80.2 Å². The van der Waals surface area contributed by atoms with E-state index in [4.69, 9.17) is 11.6 Å². The average Bonchev–Trinajstić information content (AvgIpc) is 2.77. The summed E-state index contributed by atoms with van der Waals surface area (Å²) in [5.41, 5.74) is 2.16. The van der Waals surface area contributed by atoms with Gasteiger partial charge in [-0.1, -0.05) is 0 Å². The van der Waals surface area contributed by atoms with Gasteiger partial charge in [0.05, 0.1) is 6.33 Å². The normalized spacial score (nSPS) is 11.0. The summed E-state index contributed by atoms with van der Waals surface area (Å²) >= 11 is 7.17. The van der Waals surface area contributed by atoms with Crippen LogP contribution in [0.4, 0.5) is 0 Å². The monoisotopic (exact) mass is 278 g/mol. The van der Waals surface area contributed by atoms with Gasteiger partial charge in [-0.3, -0.25) is 0 Å². The van der Waals surface area contributed by atoms with Crippen LogP contribution >= 0.6 is 23.4 Å². The van der Waals surface area contributed by atoms with Crippen molar-refractivity contribution in [2.24, 2.45) is 0 Å². The van der Waals surface area contributed by atoms with Crippen LogP contribution in [0.15, 0.2) is 28.8 Å². The van der Waals surface area contributed by atoms with Crippen LogP contribution < -0.4 is 0 Å². The zero-order valence-corrected chi connectivity index (χ0v) is 10.8. The van der Waals surface area contributed by atoms with Crippen LogP contribution in [0.5, 0.6) is 0 Å². The summed E-state index contributed by atoms with van der Waals surface area (Å²) in [5.74, 6) is 0. The lowest BCUT2D eigenvalue weighted by atomic mass is 10.5. The molecule has 0 saturated heterocycles. The van der Waals surface area contributed by atoms with Gasteiger partial charge in [0.1, 0.15) is 10.5 Å². The average molecular weight is 279 g/mol. The number of fused-ring (bicyclic) bond motifs is 1. The standard InChI is InChI=1S/C10H7ClN6S/c1-5-2-3-12-10(15-5)18-8-6-7(14-4-13-6)16-9(11)17-8/h2-4H,1H3,(H,13,14,16,17). The van der Waals surface area contributed by atoms with E-state index in [-0.39, 0.29) is 5.28 Å². The largest absolute Gasteiger partial charge is 0.341 e. The number of nitrogens with zero attached hydrogens (tertiary/aromatic N) is 5. The second-order valence-corrected chi connectivity index (χ2v) is 4.78. The van der Waals surface area contributed by atoms with Crippen molar-refractivity contribution in [3.05, 3.63) is 29.6 Å². The number of halogens is 1. The van der Waals surface area contributed by atoms with Crippen LogP contribution in [0, 0.1) is 6.92 Å². The number of hydrogen-bond acceptors (Lipinski definition) is 6. The van der Waals surface area contributed by atoms with Crippen molar-refractivity contribution in [2.75, 3.05) is 0 Å². The van der Waals surface area contributed by atoms with Crippen LogP contribution in [-0.2, 0) is 0 Å². The van der Waals surface area contributed by atoms with Gasteiger partial charge in [0, 0.05) is 11.9 Å². The highest BCUT2D eigenvalue weighted by Crippen LogP contribution is 2.28. The van der Waals surface area contributed by atoms with Gasteiger partial charge in [-0.25, -0.2) is 19.9 Å². The summed E-state index contributed by atoms with van der Waals surface area (Å²) in [7, 11) is 0. The van der Waals surface area contributed by atoms with Crippen LogP contribution in [0.3, 0.4) is 0 Å². The van der Waals surface area contributed by atoms with Crippen LogP contribution in [0.2, 0.25) is 5.28 Å². The Morgan fingerprint density at radius 2 is 2.11 bits per heavy atom. The number of H-pyrrole nitrogens is 1. The van der Waals surface area contributed by atoms with Crippen molar-refractivity contribution in [1.29, 1.82) is 0 Å². The molecule has 90 valence electrons. The van der Waals surface area contributed by atoms with Gasteiger partial charge in [-0.2, -0.15) is 4.98 Å². The first-order valence-corrected chi connectivity index (χ1v) is 6.26. The number of nitrogens with one attached hydrogen (secondary N) is 1. The maximum atomic E-state index is 5.85. The first-order valence-electron chi connectivity index (χ1n) is 5.06. The molecule has 0 aliphatic carbocycles. The molecule has 1 N–H and O–H groups in total. The first-order chi connectivity index (χ1) is 8.72. The molecular weight excluding hydrogens is 272 g/mol. The van der Waals surface area contributed by atoms with Crippen LogP contribution in [-0.4, -0.2) is 29.9 Å². The molecule has 6 nitrogen and oxygen atoms in total. The molecular formula is C10H7ClN6S. The summed E-state index contributed by atoms with van der Waals surface area (Å²) in [6.07, 6.45) is 3.26. The fourth-order valence-electron chi connectivity index (χ4n) is 1.42. The Bertz CT molecular complexity index is 712. The fourth-order valence-corrected chi connectivity index (χ4v) is 2.49. The molecule has 0 spiro atoms. The summed E-state index contributed by atoms with van der Waals surface area (Å²) in [6, 6.07) is 1.84. The number of imidazole rings is 1. The van der Waals surface area contributed by atoms with Gasteiger partial charge in [0.15, 0.2) is 10.8 Å². The minimum atomic E-state index is 0.157. The second-order valence-electron chi connectivity index (χ2n) is 3.48. The lowest BCUT2D eigenvalue weighted by Crippen LogP contribution is -1.92. The molecule has 0 aliphatic rings. The van der Waals surface area contributed by atoms with Gasteiger partial charge in [-0.05, 0) is 36.4 Å². The molecule has 0 unspecified atom stereocenters. The molecule has 3 rings (SSSR count). The smallest absolute Gasteiger partial charge is 0.225 e. The number of aryl methyl sites for hydroxylation is 1. The molecule has 8 heteroatoms. The third kappa shape index (κ3) is 2.14. The Hall–Kier alpha value is -1.73. The van der Waals surface area contributed by atoms with Gasteiger partial charge in [0.2, 0.25) is 5.28 Å². The minimum absolute atomic E-state index is 0.157. The molecule has 0 atom stereocenters. The van der Waals surface area contributed by atoms with E-state index in [2.05, 4.69) is 29.9 Å². The zero-order valence-electron chi connectivity index (χ0n) is 9.25. The highest BCUT2D eigenvalue weighted by molar-refractivity contribution is 7.99. The van der Waals surface area contributed by atoms with Crippen molar-refractivity contribution in [3.63, 3.8) is 0 Å². The molecule has 3 heterocycles. The van der Waals surface area contributed by atoms with E-state index in [9.17, 15) is 0 Å². The molecule has 0 bridgehead atoms.